The molecule has 1 aliphatic heterocycles. The molecule has 1 aliphatic rings. The third-order valence-corrected chi connectivity index (χ3v) is 5.44. The Kier molecular flexibility index (Phi) is 15.9. The van der Waals surface area contributed by atoms with Crippen LogP contribution in [0, 0.1) is 0 Å². The van der Waals surface area contributed by atoms with Crippen molar-refractivity contribution in [2.45, 2.75) is 115 Å². The molecule has 0 aromatic carbocycles. The molecule has 0 unspecified atom stereocenters. The van der Waals surface area contributed by atoms with E-state index in [0.29, 0.717) is 6.61 Å². The molecule has 0 saturated carbocycles. The molecule has 1 saturated heterocycles. The molecule has 3 N–H and O–H groups in total. The smallest absolute Gasteiger partial charge is 0.111 e. The molecule has 0 aromatic rings. The van der Waals surface area contributed by atoms with Gasteiger partial charge in [-0.2, -0.15) is 0 Å². The zero-order valence-electron chi connectivity index (χ0n) is 17.9. The van der Waals surface area contributed by atoms with Gasteiger partial charge in [0.15, 0.2) is 0 Å². The molecule has 0 aromatic heterocycles. The van der Waals surface area contributed by atoms with Gasteiger partial charge in [0.1, 0.15) is 24.4 Å². The van der Waals surface area contributed by atoms with Crippen molar-refractivity contribution in [3.05, 3.63) is 12.2 Å². The van der Waals surface area contributed by atoms with Crippen LogP contribution in [0.15, 0.2) is 12.2 Å². The van der Waals surface area contributed by atoms with E-state index >= 15 is 0 Å². The highest BCUT2D eigenvalue weighted by Gasteiger charge is 2.37. The molecule has 5 nitrogen and oxygen atoms in total. The average Bonchev–Trinajstić information content (AvgIpc) is 2.70. The van der Waals surface area contributed by atoms with Gasteiger partial charge >= 0.3 is 0 Å². The van der Waals surface area contributed by atoms with Crippen LogP contribution in [0.5, 0.6) is 0 Å². The van der Waals surface area contributed by atoms with Crippen LogP contribution >= 0.6 is 0 Å². The van der Waals surface area contributed by atoms with Gasteiger partial charge in [0.2, 0.25) is 0 Å². The van der Waals surface area contributed by atoms with Gasteiger partial charge in [0.05, 0.1) is 13.2 Å². The summed E-state index contributed by atoms with van der Waals surface area (Å²) in [5, 5.41) is 28.9. The minimum atomic E-state index is -1.15. The lowest BCUT2D eigenvalue weighted by Crippen LogP contribution is -2.54. The Hall–Kier alpha value is -0.460. The number of aliphatic hydroxyl groups is 3. The molecule has 1 heterocycles. The van der Waals surface area contributed by atoms with Crippen molar-refractivity contribution in [1.82, 2.24) is 0 Å². The minimum Gasteiger partial charge on any atom is -0.388 e. The molecular formula is C23H44O5. The molecule has 5 heteroatoms. The fraction of sp³-hybridized carbons (Fsp3) is 0.913. The van der Waals surface area contributed by atoms with Crippen molar-refractivity contribution in [3.63, 3.8) is 0 Å². The number of aliphatic hydroxyl groups excluding tert-OH is 3. The van der Waals surface area contributed by atoms with Gasteiger partial charge < -0.3 is 24.8 Å². The molecular weight excluding hydrogens is 356 g/mol. The zero-order valence-corrected chi connectivity index (χ0v) is 17.9. The first-order chi connectivity index (χ1) is 13.7. The molecule has 0 bridgehead atoms. The van der Waals surface area contributed by atoms with Crippen LogP contribution in [0.1, 0.15) is 90.4 Å². The van der Waals surface area contributed by atoms with Gasteiger partial charge in [-0.1, -0.05) is 70.4 Å². The number of rotatable bonds is 17. The van der Waals surface area contributed by atoms with Gasteiger partial charge in [-0.05, 0) is 32.1 Å². The highest BCUT2D eigenvalue weighted by atomic mass is 16.6. The highest BCUT2D eigenvalue weighted by molar-refractivity contribution is 4.86. The molecule has 28 heavy (non-hydrogen) atoms. The fourth-order valence-electron chi connectivity index (χ4n) is 3.49. The summed E-state index contributed by atoms with van der Waals surface area (Å²) in [6.07, 6.45) is 17.4. The molecule has 0 radical (unpaired) electrons. The maximum absolute atomic E-state index is 9.82. The largest absolute Gasteiger partial charge is 0.388 e. The molecule has 4 atom stereocenters. The van der Waals surface area contributed by atoms with E-state index in [-0.39, 0.29) is 13.2 Å². The first kappa shape index (κ1) is 25.6. The van der Waals surface area contributed by atoms with Gasteiger partial charge in [-0.3, -0.25) is 0 Å². The lowest BCUT2D eigenvalue weighted by Gasteiger charge is -2.35. The quantitative estimate of drug-likeness (QED) is 0.253. The Morgan fingerprint density at radius 2 is 1.36 bits per heavy atom. The Balaban J connectivity index is 1.80. The van der Waals surface area contributed by atoms with Gasteiger partial charge in [0, 0.05) is 6.61 Å². The van der Waals surface area contributed by atoms with E-state index in [1.54, 1.807) is 0 Å². The van der Waals surface area contributed by atoms with E-state index in [0.717, 1.165) is 12.8 Å². The van der Waals surface area contributed by atoms with E-state index in [2.05, 4.69) is 19.1 Å². The number of unbranched alkanes of at least 4 members (excludes halogenated alkanes) is 11. The number of hydrogen-bond donors (Lipinski definition) is 3. The summed E-state index contributed by atoms with van der Waals surface area (Å²) in [7, 11) is 0. The van der Waals surface area contributed by atoms with Crippen molar-refractivity contribution < 1.29 is 24.8 Å². The van der Waals surface area contributed by atoms with Crippen LogP contribution in [0.25, 0.3) is 0 Å². The van der Waals surface area contributed by atoms with Crippen LogP contribution in [0.2, 0.25) is 0 Å². The second-order valence-electron chi connectivity index (χ2n) is 8.08. The van der Waals surface area contributed by atoms with Crippen LogP contribution < -0.4 is 0 Å². The summed E-state index contributed by atoms with van der Waals surface area (Å²) in [6.45, 7) is 3.20. The average molecular weight is 401 g/mol. The van der Waals surface area contributed by atoms with E-state index < -0.39 is 24.4 Å². The van der Waals surface area contributed by atoms with Gasteiger partial charge in [-0.15, -0.1) is 0 Å². The SMILES string of the molecule is CCCCCC/C=C/CCCCCCCCCOC[C@@H]1OC[C@@H](O)[C@H](O)[C@H]1O. The number of allylic oxidation sites excluding steroid dienone is 2. The van der Waals surface area contributed by atoms with E-state index in [1.165, 1.54) is 70.6 Å². The lowest BCUT2D eigenvalue weighted by molar-refractivity contribution is -0.199. The molecule has 1 rings (SSSR count). The van der Waals surface area contributed by atoms with Gasteiger partial charge in [-0.25, -0.2) is 0 Å². The van der Waals surface area contributed by atoms with Crippen LogP contribution in [-0.4, -0.2) is 59.6 Å². The zero-order chi connectivity index (χ0) is 20.5. The molecule has 166 valence electrons. The normalized spacial score (nSPS) is 25.6. The van der Waals surface area contributed by atoms with Crippen molar-refractivity contribution in [2.75, 3.05) is 19.8 Å². The molecule has 0 spiro atoms. The minimum absolute atomic E-state index is 0.0427. The topological polar surface area (TPSA) is 79.2 Å². The van der Waals surface area contributed by atoms with Crippen molar-refractivity contribution in [3.8, 4) is 0 Å². The van der Waals surface area contributed by atoms with Crippen LogP contribution in [0.3, 0.4) is 0 Å². The molecule has 0 aliphatic carbocycles. The van der Waals surface area contributed by atoms with Crippen LogP contribution in [0.4, 0.5) is 0 Å². The number of ether oxygens (including phenoxy) is 2. The fourth-order valence-corrected chi connectivity index (χ4v) is 3.49. The van der Waals surface area contributed by atoms with Crippen LogP contribution in [-0.2, 0) is 9.47 Å². The maximum Gasteiger partial charge on any atom is 0.111 e. The van der Waals surface area contributed by atoms with E-state index in [4.69, 9.17) is 9.47 Å². The molecule has 1 fully saturated rings. The van der Waals surface area contributed by atoms with E-state index in [9.17, 15) is 15.3 Å². The summed E-state index contributed by atoms with van der Waals surface area (Å²) < 4.78 is 10.9. The standard InChI is InChI=1S/C23H44O5/c1-2-3-4-5-6-7-8-9-10-11-12-13-14-15-16-17-27-19-21-23(26)22(25)20(24)18-28-21/h7-8,20-26H,2-6,9-19H2,1H3/b8-7+/t20-,21+,22+,23+/m1/s1. The van der Waals surface area contributed by atoms with Crippen molar-refractivity contribution in [1.29, 1.82) is 0 Å². The third-order valence-electron chi connectivity index (χ3n) is 5.44. The maximum atomic E-state index is 9.82. The van der Waals surface area contributed by atoms with Crippen molar-refractivity contribution >= 4 is 0 Å². The first-order valence-corrected chi connectivity index (χ1v) is 11.5. The Morgan fingerprint density at radius 3 is 2.00 bits per heavy atom. The Labute approximate surface area is 172 Å². The summed E-state index contributed by atoms with van der Waals surface area (Å²) in [5.74, 6) is 0. The lowest BCUT2D eigenvalue weighted by atomic mass is 10.0. The summed E-state index contributed by atoms with van der Waals surface area (Å²) in [6, 6.07) is 0. The summed E-state index contributed by atoms with van der Waals surface area (Å²) in [4.78, 5) is 0. The number of hydrogen-bond acceptors (Lipinski definition) is 5. The van der Waals surface area contributed by atoms with E-state index in [1.807, 2.05) is 0 Å². The molecule has 0 amide bonds. The summed E-state index contributed by atoms with van der Waals surface area (Å²) in [5.41, 5.74) is 0. The summed E-state index contributed by atoms with van der Waals surface area (Å²) >= 11 is 0. The van der Waals surface area contributed by atoms with Crippen molar-refractivity contribution in [2.24, 2.45) is 0 Å². The monoisotopic (exact) mass is 400 g/mol. The first-order valence-electron chi connectivity index (χ1n) is 11.5. The van der Waals surface area contributed by atoms with Gasteiger partial charge in [0.25, 0.3) is 0 Å². The third kappa shape index (κ3) is 12.2. The Morgan fingerprint density at radius 1 is 0.786 bits per heavy atom. The second-order valence-corrected chi connectivity index (χ2v) is 8.08. The second kappa shape index (κ2) is 17.4. The highest BCUT2D eigenvalue weighted by Crippen LogP contribution is 2.16. The predicted molar refractivity (Wildman–Crippen MR) is 113 cm³/mol. The Bertz CT molecular complexity index is 374. The predicted octanol–water partition coefficient (Wildman–Crippen LogP) is 4.13.